The molecule has 2 aromatic carbocycles. The molecule has 0 radical (unpaired) electrons. The molecule has 2 aromatic heterocycles. The minimum absolute atomic E-state index is 0.0542. The highest BCUT2D eigenvalue weighted by atomic mass is 16.5. The minimum Gasteiger partial charge on any atom is -0.501 e. The summed E-state index contributed by atoms with van der Waals surface area (Å²) in [6, 6.07) is 15.9. The molecule has 0 spiro atoms. The van der Waals surface area contributed by atoms with Gasteiger partial charge in [-0.3, -0.25) is 14.7 Å². The van der Waals surface area contributed by atoms with E-state index in [1.165, 1.54) is 0 Å². The molecule has 0 saturated carbocycles. The van der Waals surface area contributed by atoms with Crippen molar-refractivity contribution in [2.45, 2.75) is 51.8 Å². The molecular weight excluding hydrogens is 516 g/mol. The lowest BCUT2D eigenvalue weighted by Crippen LogP contribution is -2.61. The van der Waals surface area contributed by atoms with Crippen LogP contribution in [0.15, 0.2) is 59.1 Å². The topological polar surface area (TPSA) is 81.2 Å². The van der Waals surface area contributed by atoms with Crippen LogP contribution in [0.4, 0.5) is 5.69 Å². The van der Waals surface area contributed by atoms with Gasteiger partial charge in [0, 0.05) is 60.9 Å². The summed E-state index contributed by atoms with van der Waals surface area (Å²) in [6.45, 7) is 17.2. The van der Waals surface area contributed by atoms with Crippen molar-refractivity contribution in [3.05, 3.63) is 77.3 Å². The van der Waals surface area contributed by atoms with Crippen molar-refractivity contribution < 1.29 is 18.7 Å². The van der Waals surface area contributed by atoms with Crippen LogP contribution < -0.4 is 10.1 Å². The average Bonchev–Trinajstić information content (AvgIpc) is 3.39. The SMILES string of the molecule is [C-]#[N+]c1cc(-c2ccnc3cc(-c4ccc(C(=O)NC5CN(C(C)C)C5)cc4C)oc23)ccc1OC1CCOCC1. The number of nitrogens with one attached hydrogen (secondary N) is 1. The van der Waals surface area contributed by atoms with Gasteiger partial charge >= 0.3 is 0 Å². The highest BCUT2D eigenvalue weighted by molar-refractivity contribution is 5.96. The zero-order chi connectivity index (χ0) is 28.5. The Hall–Kier alpha value is -4.19. The number of benzene rings is 2. The molecule has 0 atom stereocenters. The van der Waals surface area contributed by atoms with Gasteiger partial charge in [0.1, 0.15) is 23.1 Å². The van der Waals surface area contributed by atoms with Crippen molar-refractivity contribution in [3.8, 4) is 28.2 Å². The van der Waals surface area contributed by atoms with Crippen molar-refractivity contribution in [2.24, 2.45) is 0 Å². The number of rotatable bonds is 7. The first kappa shape index (κ1) is 27.0. The highest BCUT2D eigenvalue weighted by Crippen LogP contribution is 2.39. The van der Waals surface area contributed by atoms with Gasteiger partial charge in [-0.25, -0.2) is 4.85 Å². The summed E-state index contributed by atoms with van der Waals surface area (Å²) >= 11 is 0. The third-order valence-electron chi connectivity index (χ3n) is 7.99. The molecule has 41 heavy (non-hydrogen) atoms. The third-order valence-corrected chi connectivity index (χ3v) is 7.99. The number of ether oxygens (including phenoxy) is 2. The molecule has 2 fully saturated rings. The number of aromatic nitrogens is 1. The Kier molecular flexibility index (Phi) is 7.48. The van der Waals surface area contributed by atoms with Crippen LogP contribution >= 0.6 is 0 Å². The predicted molar refractivity (Wildman–Crippen MR) is 158 cm³/mol. The van der Waals surface area contributed by atoms with Crippen LogP contribution in [-0.4, -0.2) is 60.3 Å². The summed E-state index contributed by atoms with van der Waals surface area (Å²) in [7, 11) is 0. The zero-order valence-electron chi connectivity index (χ0n) is 23.6. The van der Waals surface area contributed by atoms with E-state index in [-0.39, 0.29) is 18.1 Å². The summed E-state index contributed by atoms with van der Waals surface area (Å²) in [4.78, 5) is 23.5. The number of furan rings is 1. The van der Waals surface area contributed by atoms with Gasteiger partial charge in [0.25, 0.3) is 5.91 Å². The monoisotopic (exact) mass is 550 g/mol. The van der Waals surface area contributed by atoms with Gasteiger partial charge in [-0.2, -0.15) is 0 Å². The maximum absolute atomic E-state index is 12.9. The maximum Gasteiger partial charge on any atom is 0.251 e. The van der Waals surface area contributed by atoms with Crippen molar-refractivity contribution in [2.75, 3.05) is 26.3 Å². The molecule has 4 heterocycles. The van der Waals surface area contributed by atoms with Crippen LogP contribution in [-0.2, 0) is 4.74 Å². The Balaban J connectivity index is 1.23. The second-order valence-corrected chi connectivity index (χ2v) is 11.2. The average molecular weight is 551 g/mol. The molecule has 8 heteroatoms. The number of fused-ring (bicyclic) bond motifs is 1. The van der Waals surface area contributed by atoms with E-state index in [9.17, 15) is 4.79 Å². The van der Waals surface area contributed by atoms with Crippen LogP contribution in [0.25, 0.3) is 38.4 Å². The lowest BCUT2D eigenvalue weighted by atomic mass is 10.0. The Morgan fingerprint density at radius 3 is 2.63 bits per heavy atom. The third kappa shape index (κ3) is 5.56. The van der Waals surface area contributed by atoms with Crippen LogP contribution in [0, 0.1) is 13.5 Å². The quantitative estimate of drug-likeness (QED) is 0.268. The summed E-state index contributed by atoms with van der Waals surface area (Å²) in [5.74, 6) is 1.22. The van der Waals surface area contributed by atoms with E-state index in [0.717, 1.165) is 53.7 Å². The molecule has 4 aromatic rings. The van der Waals surface area contributed by atoms with E-state index in [0.29, 0.717) is 47.6 Å². The van der Waals surface area contributed by atoms with Crippen LogP contribution in [0.2, 0.25) is 0 Å². The first-order chi connectivity index (χ1) is 19.9. The minimum atomic E-state index is -0.0542. The van der Waals surface area contributed by atoms with E-state index < -0.39 is 0 Å². The summed E-state index contributed by atoms with van der Waals surface area (Å²) in [6.07, 6.45) is 3.45. The van der Waals surface area contributed by atoms with E-state index in [1.807, 2.05) is 55.5 Å². The molecule has 2 aliphatic heterocycles. The molecule has 0 bridgehead atoms. The van der Waals surface area contributed by atoms with Gasteiger partial charge in [-0.1, -0.05) is 12.1 Å². The fraction of sp³-hybridized carbons (Fsp3) is 0.364. The van der Waals surface area contributed by atoms with Gasteiger partial charge in [-0.05, 0) is 62.2 Å². The maximum atomic E-state index is 12.9. The summed E-state index contributed by atoms with van der Waals surface area (Å²) in [5.41, 5.74) is 6.05. The molecule has 0 aliphatic carbocycles. The van der Waals surface area contributed by atoms with Gasteiger partial charge in [0.05, 0.1) is 25.8 Å². The molecule has 1 N–H and O–H groups in total. The standard InChI is InChI=1S/C33H34N4O4/c1-20(2)37-18-24(19-37)36-33(38)23-5-7-26(21(3)15-23)31-17-29-32(41-31)27(9-12-35-29)22-6-8-30(28(16-22)34-4)40-25-10-13-39-14-11-25/h5-9,12,15-17,20,24-25H,10-11,13-14,18-19H2,1-3H3,(H,36,38). The van der Waals surface area contributed by atoms with Gasteiger partial charge in [-0.15, -0.1) is 0 Å². The first-order valence-corrected chi connectivity index (χ1v) is 14.2. The zero-order valence-corrected chi connectivity index (χ0v) is 23.6. The smallest absolute Gasteiger partial charge is 0.251 e. The Labute approximate surface area is 240 Å². The number of nitrogens with zero attached hydrogens (tertiary/aromatic N) is 3. The number of carbonyl (C=O) groups excluding carboxylic acids is 1. The summed E-state index contributed by atoms with van der Waals surface area (Å²) < 4.78 is 17.9. The second-order valence-electron chi connectivity index (χ2n) is 11.2. The molecule has 2 saturated heterocycles. The normalized spacial score (nSPS) is 16.5. The molecule has 1 amide bonds. The first-order valence-electron chi connectivity index (χ1n) is 14.2. The van der Waals surface area contributed by atoms with E-state index >= 15 is 0 Å². The number of hydrogen-bond acceptors (Lipinski definition) is 6. The van der Waals surface area contributed by atoms with Crippen LogP contribution in [0.1, 0.15) is 42.6 Å². The molecule has 210 valence electrons. The Morgan fingerprint density at radius 2 is 1.90 bits per heavy atom. The van der Waals surface area contributed by atoms with Crippen molar-refractivity contribution >= 4 is 22.7 Å². The van der Waals surface area contributed by atoms with E-state index in [1.54, 1.807) is 6.20 Å². The lowest BCUT2D eigenvalue weighted by molar-refractivity contribution is 0.0259. The van der Waals surface area contributed by atoms with Gasteiger partial charge < -0.3 is 19.2 Å². The van der Waals surface area contributed by atoms with Crippen molar-refractivity contribution in [1.29, 1.82) is 0 Å². The van der Waals surface area contributed by atoms with Crippen LogP contribution in [0.5, 0.6) is 5.75 Å². The fourth-order valence-electron chi connectivity index (χ4n) is 5.52. The Morgan fingerprint density at radius 1 is 1.10 bits per heavy atom. The predicted octanol–water partition coefficient (Wildman–Crippen LogP) is 6.40. The molecule has 2 aliphatic rings. The van der Waals surface area contributed by atoms with Crippen LogP contribution in [0.3, 0.4) is 0 Å². The second kappa shape index (κ2) is 11.4. The number of aryl methyl sites for hydroxylation is 1. The fourth-order valence-corrected chi connectivity index (χ4v) is 5.52. The molecular formula is C33H34N4O4. The van der Waals surface area contributed by atoms with Crippen molar-refractivity contribution in [3.63, 3.8) is 0 Å². The number of hydrogen-bond donors (Lipinski definition) is 1. The molecule has 8 nitrogen and oxygen atoms in total. The number of amides is 1. The largest absolute Gasteiger partial charge is 0.501 e. The molecule has 6 rings (SSSR count). The number of carbonyl (C=O) groups is 1. The van der Waals surface area contributed by atoms with Gasteiger partial charge in [0.2, 0.25) is 5.69 Å². The lowest BCUT2D eigenvalue weighted by Gasteiger charge is -2.42. The van der Waals surface area contributed by atoms with Gasteiger partial charge in [0.15, 0.2) is 5.58 Å². The summed E-state index contributed by atoms with van der Waals surface area (Å²) in [5, 5.41) is 3.14. The van der Waals surface area contributed by atoms with Crippen molar-refractivity contribution in [1.82, 2.24) is 15.2 Å². The van der Waals surface area contributed by atoms with E-state index in [2.05, 4.69) is 33.9 Å². The highest BCUT2D eigenvalue weighted by Gasteiger charge is 2.30. The Bertz CT molecular complexity index is 1620. The number of likely N-dealkylation sites (tertiary alicyclic amines) is 1. The van der Waals surface area contributed by atoms with E-state index in [4.69, 9.17) is 20.5 Å². The molecule has 0 unspecified atom stereocenters. The number of pyridine rings is 1.